The Kier molecular flexibility index (Phi) is 5.26. The number of rotatable bonds is 4. The number of nitrogens with zero attached hydrogens (tertiary/aromatic N) is 1. The highest BCUT2D eigenvalue weighted by molar-refractivity contribution is 6.17. The summed E-state index contributed by atoms with van der Waals surface area (Å²) in [4.78, 5) is 27.9. The Bertz CT molecular complexity index is 1010. The average molecular weight is 393 g/mol. The predicted octanol–water partition coefficient (Wildman–Crippen LogP) is 4.83. The van der Waals surface area contributed by atoms with Gasteiger partial charge in [-0.3, -0.25) is 14.5 Å². The summed E-state index contributed by atoms with van der Waals surface area (Å²) in [7, 11) is 1.55. The molecule has 1 N–H and O–H groups in total. The van der Waals surface area contributed by atoms with Crippen molar-refractivity contribution >= 4 is 17.4 Å². The van der Waals surface area contributed by atoms with Crippen LogP contribution >= 0.6 is 0 Å². The highest BCUT2D eigenvalue weighted by Gasteiger charge is 2.47. The van der Waals surface area contributed by atoms with Gasteiger partial charge in [-0.2, -0.15) is 0 Å². The Morgan fingerprint density at radius 1 is 1.07 bits per heavy atom. The molecule has 5 heteroatoms. The quantitative estimate of drug-likeness (QED) is 0.808. The fraction of sp³-hybridized carbons (Fsp3) is 0.333. The van der Waals surface area contributed by atoms with Crippen LogP contribution in [0.1, 0.15) is 43.5 Å². The largest absolute Gasteiger partial charge is 0.503 e. The second-order valence-electron chi connectivity index (χ2n) is 8.43. The van der Waals surface area contributed by atoms with E-state index in [2.05, 4.69) is 0 Å². The number of hydrogen-bond acceptors (Lipinski definition) is 4. The highest BCUT2D eigenvalue weighted by Crippen LogP contribution is 2.45. The van der Waals surface area contributed by atoms with Gasteiger partial charge < -0.3 is 9.84 Å². The predicted molar refractivity (Wildman–Crippen MR) is 113 cm³/mol. The third-order valence-corrected chi connectivity index (χ3v) is 5.34. The number of hydrogen-bond donors (Lipinski definition) is 1. The number of amides is 1. The van der Waals surface area contributed by atoms with E-state index < -0.39 is 23.1 Å². The molecular weight excluding hydrogens is 366 g/mol. The fourth-order valence-corrected chi connectivity index (χ4v) is 3.57. The number of carbonyl (C=O) groups excluding carboxylic acids is 2. The number of aliphatic hydroxyl groups excluding tert-OH is 1. The van der Waals surface area contributed by atoms with Gasteiger partial charge in [0.1, 0.15) is 5.75 Å². The summed E-state index contributed by atoms with van der Waals surface area (Å²) in [5.74, 6) is -0.811. The van der Waals surface area contributed by atoms with Crippen LogP contribution in [0.4, 0.5) is 5.69 Å². The zero-order valence-corrected chi connectivity index (χ0v) is 17.7. The SMILES string of the molecule is COc1ccccc1C1C(C(=O)C(C)(C)C)=C(O)C(=O)N1c1ccc(C)c(C)c1. The third-order valence-electron chi connectivity index (χ3n) is 5.34. The molecule has 3 rings (SSSR count). The maximum Gasteiger partial charge on any atom is 0.294 e. The van der Waals surface area contributed by atoms with Crippen molar-refractivity contribution in [2.45, 2.75) is 40.7 Å². The van der Waals surface area contributed by atoms with Gasteiger partial charge in [-0.05, 0) is 43.2 Å². The van der Waals surface area contributed by atoms with Crippen LogP contribution in [0.5, 0.6) is 5.75 Å². The highest BCUT2D eigenvalue weighted by atomic mass is 16.5. The minimum Gasteiger partial charge on any atom is -0.503 e. The zero-order chi connectivity index (χ0) is 21.5. The number of aryl methyl sites for hydroxylation is 2. The molecule has 152 valence electrons. The molecule has 0 saturated heterocycles. The molecule has 29 heavy (non-hydrogen) atoms. The van der Waals surface area contributed by atoms with E-state index in [0.29, 0.717) is 17.0 Å². The molecule has 5 nitrogen and oxygen atoms in total. The van der Waals surface area contributed by atoms with Gasteiger partial charge in [0.25, 0.3) is 5.91 Å². The molecule has 2 aromatic rings. The summed E-state index contributed by atoms with van der Waals surface area (Å²) < 4.78 is 5.52. The van der Waals surface area contributed by atoms with Gasteiger partial charge in [0.15, 0.2) is 11.5 Å². The molecule has 0 saturated carbocycles. The van der Waals surface area contributed by atoms with Crippen LogP contribution < -0.4 is 9.64 Å². The lowest BCUT2D eigenvalue weighted by Crippen LogP contribution is -2.33. The minimum absolute atomic E-state index is 0.102. The van der Waals surface area contributed by atoms with Gasteiger partial charge in [0.05, 0.1) is 18.7 Å². The van der Waals surface area contributed by atoms with Crippen molar-refractivity contribution in [2.24, 2.45) is 5.41 Å². The van der Waals surface area contributed by atoms with Crippen LogP contribution in [0.3, 0.4) is 0 Å². The minimum atomic E-state index is -0.771. The first kappa shape index (κ1) is 20.6. The van der Waals surface area contributed by atoms with E-state index in [0.717, 1.165) is 11.1 Å². The van der Waals surface area contributed by atoms with E-state index in [-0.39, 0.29) is 11.4 Å². The van der Waals surface area contributed by atoms with Crippen molar-refractivity contribution in [3.63, 3.8) is 0 Å². The second kappa shape index (κ2) is 7.39. The lowest BCUT2D eigenvalue weighted by Gasteiger charge is -2.30. The molecule has 1 atom stereocenters. The molecular formula is C24H27NO4. The monoisotopic (exact) mass is 393 g/mol. The molecule has 1 heterocycles. The van der Waals surface area contributed by atoms with E-state index in [9.17, 15) is 14.7 Å². The summed E-state index contributed by atoms with van der Waals surface area (Å²) in [5.41, 5.74) is 2.73. The van der Waals surface area contributed by atoms with Crippen LogP contribution in [-0.2, 0) is 9.59 Å². The topological polar surface area (TPSA) is 66.8 Å². The number of para-hydroxylation sites is 1. The summed E-state index contributed by atoms with van der Waals surface area (Å²) >= 11 is 0. The Morgan fingerprint density at radius 3 is 2.31 bits per heavy atom. The van der Waals surface area contributed by atoms with Crippen molar-refractivity contribution in [3.05, 3.63) is 70.5 Å². The van der Waals surface area contributed by atoms with E-state index in [1.165, 1.54) is 4.90 Å². The Balaban J connectivity index is 2.27. The Labute approximate surface area is 171 Å². The molecule has 0 spiro atoms. The van der Waals surface area contributed by atoms with Crippen molar-refractivity contribution in [1.82, 2.24) is 0 Å². The number of carbonyl (C=O) groups is 2. The van der Waals surface area contributed by atoms with Gasteiger partial charge in [-0.15, -0.1) is 0 Å². The smallest absolute Gasteiger partial charge is 0.294 e. The molecule has 1 unspecified atom stereocenters. The molecule has 0 fully saturated rings. The number of benzene rings is 2. The number of anilines is 1. The Hall–Kier alpha value is -3.08. The number of aliphatic hydroxyl groups is 1. The van der Waals surface area contributed by atoms with Gasteiger partial charge >= 0.3 is 0 Å². The molecule has 1 amide bonds. The van der Waals surface area contributed by atoms with E-state index in [1.54, 1.807) is 33.9 Å². The number of Topliss-reactive ketones (excluding diaryl/α,β-unsaturated/α-hetero) is 1. The van der Waals surface area contributed by atoms with Crippen LogP contribution in [0, 0.1) is 19.3 Å². The lowest BCUT2D eigenvalue weighted by molar-refractivity contribution is -0.123. The maximum atomic E-state index is 13.3. The fourth-order valence-electron chi connectivity index (χ4n) is 3.57. The van der Waals surface area contributed by atoms with Gasteiger partial charge in [0, 0.05) is 16.7 Å². The maximum absolute atomic E-state index is 13.3. The number of ether oxygens (including phenoxy) is 1. The number of ketones is 1. The summed E-state index contributed by atoms with van der Waals surface area (Å²) in [6.45, 7) is 9.28. The molecule has 2 aromatic carbocycles. The van der Waals surface area contributed by atoms with Gasteiger partial charge in [-0.1, -0.05) is 45.0 Å². The average Bonchev–Trinajstić information content (AvgIpc) is 2.93. The molecule has 0 aliphatic carbocycles. The zero-order valence-electron chi connectivity index (χ0n) is 17.7. The van der Waals surface area contributed by atoms with E-state index in [4.69, 9.17) is 4.74 Å². The van der Waals surface area contributed by atoms with Crippen LogP contribution in [0.15, 0.2) is 53.8 Å². The van der Waals surface area contributed by atoms with E-state index in [1.807, 2.05) is 50.2 Å². The van der Waals surface area contributed by atoms with Gasteiger partial charge in [-0.25, -0.2) is 0 Å². The van der Waals surface area contributed by atoms with Crippen molar-refractivity contribution in [2.75, 3.05) is 12.0 Å². The van der Waals surface area contributed by atoms with Crippen LogP contribution in [0.25, 0.3) is 0 Å². The first-order valence-electron chi connectivity index (χ1n) is 9.59. The molecule has 1 aliphatic rings. The number of methoxy groups -OCH3 is 1. The van der Waals surface area contributed by atoms with Crippen molar-refractivity contribution in [1.29, 1.82) is 0 Å². The van der Waals surface area contributed by atoms with Gasteiger partial charge in [0.2, 0.25) is 0 Å². The first-order chi connectivity index (χ1) is 13.6. The van der Waals surface area contributed by atoms with Crippen LogP contribution in [-0.4, -0.2) is 23.9 Å². The third kappa shape index (κ3) is 3.53. The summed E-state index contributed by atoms with van der Waals surface area (Å²) in [6.07, 6.45) is 0. The first-order valence-corrected chi connectivity index (χ1v) is 9.59. The molecule has 0 radical (unpaired) electrons. The molecule has 1 aliphatic heterocycles. The molecule has 0 bridgehead atoms. The molecule has 0 aromatic heterocycles. The standard InChI is InChI=1S/C24H27NO4/c1-14-11-12-16(13-15(14)2)25-20(17-9-7-8-10-18(17)29-6)19(21(26)23(25)28)22(27)24(3,4)5/h7-13,20,26H,1-6H3. The lowest BCUT2D eigenvalue weighted by atomic mass is 9.82. The van der Waals surface area contributed by atoms with Crippen LogP contribution in [0.2, 0.25) is 0 Å². The second-order valence-corrected chi connectivity index (χ2v) is 8.43. The van der Waals surface area contributed by atoms with Crippen molar-refractivity contribution in [3.8, 4) is 5.75 Å². The van der Waals surface area contributed by atoms with Crippen molar-refractivity contribution < 1.29 is 19.4 Å². The Morgan fingerprint density at radius 2 is 1.72 bits per heavy atom. The summed E-state index contributed by atoms with van der Waals surface area (Å²) in [6, 6.07) is 12.1. The van der Waals surface area contributed by atoms with E-state index >= 15 is 0 Å². The summed E-state index contributed by atoms with van der Waals surface area (Å²) in [5, 5.41) is 10.8. The normalized spacial score (nSPS) is 17.1.